The summed E-state index contributed by atoms with van der Waals surface area (Å²) in [5.74, 6) is 0.296. The highest BCUT2D eigenvalue weighted by molar-refractivity contribution is 7.78. The lowest BCUT2D eigenvalue weighted by Crippen LogP contribution is -2.59. The summed E-state index contributed by atoms with van der Waals surface area (Å²) in [6.07, 6.45) is -7.79. The zero-order valence-corrected chi connectivity index (χ0v) is 14.6. The van der Waals surface area contributed by atoms with E-state index in [2.05, 4.69) is 22.4 Å². The average Bonchev–Trinajstić information content (AvgIpc) is 2.55. The minimum atomic E-state index is -4.29. The minimum absolute atomic E-state index is 0.211. The molecule has 25 heavy (non-hydrogen) atoms. The third kappa shape index (κ3) is 5.65. The van der Waals surface area contributed by atoms with E-state index in [1.165, 1.54) is 12.1 Å². The summed E-state index contributed by atoms with van der Waals surface area (Å²) in [7, 11) is -4.29. The Bertz CT molecular complexity index is 674. The fourth-order valence-electron chi connectivity index (χ4n) is 2.33. The molecule has 1 aliphatic heterocycles. The highest BCUT2D eigenvalue weighted by atomic mass is 32.1. The Labute approximate surface area is 148 Å². The quantitative estimate of drug-likeness (QED) is 0.260. The third-order valence-corrected chi connectivity index (χ3v) is 4.57. The van der Waals surface area contributed by atoms with Gasteiger partial charge in [0.25, 0.3) is 0 Å². The number of aliphatic imine (C=N–C) groups is 1. The van der Waals surface area contributed by atoms with Crippen molar-refractivity contribution in [3.8, 4) is 5.75 Å². The molecule has 11 heteroatoms. The molecule has 1 heterocycles. The summed E-state index contributed by atoms with van der Waals surface area (Å²) in [5.41, 5.74) is 0.544. The minimum Gasteiger partial charge on any atom is -0.462 e. The van der Waals surface area contributed by atoms with Crippen LogP contribution in [0.15, 0.2) is 29.3 Å². The molecule has 0 aliphatic carbocycles. The molecule has 0 bridgehead atoms. The molecule has 0 amide bonds. The maximum Gasteiger partial charge on any atom is 0.325 e. The molecule has 1 saturated heterocycles. The molecule has 0 unspecified atom stereocenters. The molecule has 1 aliphatic rings. The standard InChI is InChI=1S/C14H18NO8PS/c16-11-10(5-6-24(19,20)21)23-14(13(18)12(11)17)22-9-3-1-8(2-4-9)15-7-25/h1-4,10-14,16-18H,5-6H2,(H2,19,20,21)/t10-,11-,12+,13+,14-/m1/s1. The number of thiocarbonyl (C=S) groups is 1. The smallest absolute Gasteiger partial charge is 0.325 e. The van der Waals surface area contributed by atoms with Crippen molar-refractivity contribution in [2.75, 3.05) is 6.16 Å². The second-order valence-electron chi connectivity index (χ2n) is 5.51. The fraction of sp³-hybridized carbons (Fsp3) is 0.500. The number of aliphatic hydroxyl groups excluding tert-OH is 3. The van der Waals surface area contributed by atoms with Crippen molar-refractivity contribution in [1.29, 1.82) is 0 Å². The number of hydrogen-bond acceptors (Lipinski definition) is 8. The monoisotopic (exact) mass is 391 g/mol. The van der Waals surface area contributed by atoms with E-state index in [1.54, 1.807) is 12.1 Å². The van der Waals surface area contributed by atoms with Crippen LogP contribution in [0.3, 0.4) is 0 Å². The first-order valence-corrected chi connectivity index (χ1v) is 9.50. The number of aliphatic hydroxyl groups is 3. The molecule has 0 aromatic heterocycles. The van der Waals surface area contributed by atoms with Crippen molar-refractivity contribution < 1.29 is 39.1 Å². The summed E-state index contributed by atoms with van der Waals surface area (Å²) in [6, 6.07) is 6.23. The van der Waals surface area contributed by atoms with E-state index < -0.39 is 44.5 Å². The maximum atomic E-state index is 11.0. The molecule has 1 aromatic carbocycles. The average molecular weight is 391 g/mol. The van der Waals surface area contributed by atoms with Gasteiger partial charge in [0, 0.05) is 0 Å². The lowest BCUT2D eigenvalue weighted by atomic mass is 9.97. The normalized spacial score (nSPS) is 29.7. The Balaban J connectivity index is 2.07. The lowest BCUT2D eigenvalue weighted by Gasteiger charge is -2.40. The van der Waals surface area contributed by atoms with Gasteiger partial charge in [-0.1, -0.05) is 0 Å². The van der Waals surface area contributed by atoms with Crippen molar-refractivity contribution in [3.63, 3.8) is 0 Å². The summed E-state index contributed by atoms with van der Waals surface area (Å²) in [4.78, 5) is 21.6. The molecule has 1 fully saturated rings. The number of isothiocyanates is 1. The topological polar surface area (TPSA) is 149 Å². The lowest BCUT2D eigenvalue weighted by molar-refractivity contribution is -0.272. The Kier molecular flexibility index (Phi) is 6.81. The predicted octanol–water partition coefficient (Wildman–Crippen LogP) is 0.175. The largest absolute Gasteiger partial charge is 0.462 e. The van der Waals surface area contributed by atoms with Crippen molar-refractivity contribution >= 4 is 30.7 Å². The van der Waals surface area contributed by atoms with E-state index in [0.29, 0.717) is 11.4 Å². The first kappa shape index (κ1) is 20.1. The van der Waals surface area contributed by atoms with Gasteiger partial charge >= 0.3 is 7.60 Å². The van der Waals surface area contributed by atoms with Crippen LogP contribution in [0.4, 0.5) is 5.69 Å². The SMILES string of the molecule is O=P(O)(O)CC[C@H]1O[C@@H](Oc2ccc(N=C=S)cc2)[C@@H](O)[C@@H](O)[C@@H]1O. The Morgan fingerprint density at radius 3 is 2.36 bits per heavy atom. The van der Waals surface area contributed by atoms with Crippen LogP contribution in [-0.4, -0.2) is 67.1 Å². The van der Waals surface area contributed by atoms with Crippen LogP contribution < -0.4 is 4.74 Å². The molecule has 0 saturated carbocycles. The van der Waals surface area contributed by atoms with Crippen LogP contribution in [0.2, 0.25) is 0 Å². The number of nitrogens with zero attached hydrogens (tertiary/aromatic N) is 1. The van der Waals surface area contributed by atoms with Gasteiger partial charge in [-0.15, -0.1) is 0 Å². The van der Waals surface area contributed by atoms with Crippen LogP contribution in [0, 0.1) is 0 Å². The van der Waals surface area contributed by atoms with Gasteiger partial charge < -0.3 is 34.6 Å². The number of ether oxygens (including phenoxy) is 2. The van der Waals surface area contributed by atoms with E-state index in [0.717, 1.165) is 0 Å². The van der Waals surface area contributed by atoms with Crippen molar-refractivity contribution in [2.45, 2.75) is 37.1 Å². The number of hydrogen-bond donors (Lipinski definition) is 5. The molecule has 1 aromatic rings. The molecule has 5 N–H and O–H groups in total. The molecular weight excluding hydrogens is 373 g/mol. The van der Waals surface area contributed by atoms with E-state index in [4.69, 9.17) is 19.3 Å². The van der Waals surface area contributed by atoms with Gasteiger partial charge in [0.1, 0.15) is 24.1 Å². The van der Waals surface area contributed by atoms with Crippen LogP contribution in [0.5, 0.6) is 5.75 Å². The van der Waals surface area contributed by atoms with Gasteiger partial charge in [-0.3, -0.25) is 4.57 Å². The zero-order valence-electron chi connectivity index (χ0n) is 12.9. The molecule has 0 spiro atoms. The van der Waals surface area contributed by atoms with Gasteiger partial charge in [0.15, 0.2) is 0 Å². The van der Waals surface area contributed by atoms with Crippen molar-refractivity contribution in [1.82, 2.24) is 0 Å². The van der Waals surface area contributed by atoms with Gasteiger partial charge in [0.2, 0.25) is 6.29 Å². The van der Waals surface area contributed by atoms with Crippen LogP contribution >= 0.6 is 19.8 Å². The van der Waals surface area contributed by atoms with Crippen molar-refractivity contribution in [2.24, 2.45) is 4.99 Å². The zero-order chi connectivity index (χ0) is 18.6. The highest BCUT2D eigenvalue weighted by Gasteiger charge is 2.45. The third-order valence-electron chi connectivity index (χ3n) is 3.64. The second-order valence-corrected chi connectivity index (χ2v) is 7.47. The number of rotatable bonds is 6. The highest BCUT2D eigenvalue weighted by Crippen LogP contribution is 2.37. The van der Waals surface area contributed by atoms with Crippen LogP contribution in [0.25, 0.3) is 0 Å². The molecule has 138 valence electrons. The second kappa shape index (κ2) is 8.46. The Morgan fingerprint density at radius 1 is 1.16 bits per heavy atom. The number of benzene rings is 1. The van der Waals surface area contributed by atoms with E-state index in [1.807, 2.05) is 0 Å². The molecule has 5 atom stereocenters. The van der Waals surface area contributed by atoms with Gasteiger partial charge in [-0.25, -0.2) is 0 Å². The van der Waals surface area contributed by atoms with Gasteiger partial charge in [-0.2, -0.15) is 4.99 Å². The summed E-state index contributed by atoms with van der Waals surface area (Å²) in [6.45, 7) is 0. The first-order chi connectivity index (χ1) is 11.7. The van der Waals surface area contributed by atoms with Crippen LogP contribution in [-0.2, 0) is 9.30 Å². The van der Waals surface area contributed by atoms with Gasteiger partial charge in [-0.05, 0) is 42.9 Å². The molecule has 2 rings (SSSR count). The molecule has 9 nitrogen and oxygen atoms in total. The van der Waals surface area contributed by atoms with E-state index in [-0.39, 0.29) is 6.42 Å². The van der Waals surface area contributed by atoms with E-state index in [9.17, 15) is 19.9 Å². The first-order valence-electron chi connectivity index (χ1n) is 7.30. The van der Waals surface area contributed by atoms with E-state index >= 15 is 0 Å². The summed E-state index contributed by atoms with van der Waals surface area (Å²) in [5, 5.41) is 32.0. The Hall–Kier alpha value is -1.19. The predicted molar refractivity (Wildman–Crippen MR) is 90.0 cm³/mol. The summed E-state index contributed by atoms with van der Waals surface area (Å²) >= 11 is 4.49. The summed E-state index contributed by atoms with van der Waals surface area (Å²) < 4.78 is 21.8. The Morgan fingerprint density at radius 2 is 1.80 bits per heavy atom. The van der Waals surface area contributed by atoms with Crippen LogP contribution in [0.1, 0.15) is 6.42 Å². The maximum absolute atomic E-state index is 11.0. The van der Waals surface area contributed by atoms with Crippen molar-refractivity contribution in [3.05, 3.63) is 24.3 Å². The van der Waals surface area contributed by atoms with Gasteiger partial charge in [0.05, 0.1) is 23.1 Å². The fourth-order valence-corrected chi connectivity index (χ4v) is 3.03. The molecule has 0 radical (unpaired) electrons. The molecular formula is C14H18NO8PS.